The van der Waals surface area contributed by atoms with Gasteiger partial charge in [-0.3, -0.25) is 0 Å². The van der Waals surface area contributed by atoms with Gasteiger partial charge in [-0.15, -0.1) is 0 Å². The molecule has 5 heteroatoms. The van der Waals surface area contributed by atoms with E-state index in [1.165, 1.54) is 6.20 Å². The molecule has 1 heterocycles. The summed E-state index contributed by atoms with van der Waals surface area (Å²) in [6, 6.07) is 12.6. The summed E-state index contributed by atoms with van der Waals surface area (Å²) in [6.45, 7) is 1.88. The van der Waals surface area contributed by atoms with E-state index in [1.54, 1.807) is 18.2 Å². The normalized spacial score (nSPS) is 11.0. The Morgan fingerprint density at radius 3 is 2.45 bits per heavy atom. The van der Waals surface area contributed by atoms with Gasteiger partial charge in [0.25, 0.3) is 0 Å². The molecule has 0 spiro atoms. The van der Waals surface area contributed by atoms with E-state index in [9.17, 15) is 8.42 Å². The molecule has 0 fully saturated rings. The molecule has 1 aromatic heterocycles. The minimum atomic E-state index is -3.33. The molecule has 2 aromatic rings. The molecule has 0 aliphatic rings. The van der Waals surface area contributed by atoms with Crippen molar-refractivity contribution in [3.05, 3.63) is 65.0 Å². The highest BCUT2D eigenvalue weighted by atomic mass is 32.2. The van der Waals surface area contributed by atoms with E-state index in [-0.39, 0.29) is 17.2 Å². The van der Waals surface area contributed by atoms with Crippen LogP contribution in [0.25, 0.3) is 0 Å². The van der Waals surface area contributed by atoms with Crippen LogP contribution in [0.1, 0.15) is 22.4 Å². The standard InChI is InChI=1S/C15H14N2O2S/c1-12-5-2-3-6-13(12)10-20(18,19)11-14-7-4-8-17-15(14)9-16/h2-8H,10-11H2,1H3. The van der Waals surface area contributed by atoms with Crippen LogP contribution < -0.4 is 0 Å². The van der Waals surface area contributed by atoms with Crippen molar-refractivity contribution in [3.8, 4) is 6.07 Å². The summed E-state index contributed by atoms with van der Waals surface area (Å²) in [7, 11) is -3.33. The summed E-state index contributed by atoms with van der Waals surface area (Å²) in [5.41, 5.74) is 2.35. The van der Waals surface area contributed by atoms with E-state index < -0.39 is 9.84 Å². The van der Waals surface area contributed by atoms with Crippen LogP contribution in [0.15, 0.2) is 42.6 Å². The first-order valence-corrected chi connectivity index (χ1v) is 7.93. The number of aromatic nitrogens is 1. The van der Waals surface area contributed by atoms with Crippen LogP contribution in [0.5, 0.6) is 0 Å². The van der Waals surface area contributed by atoms with Gasteiger partial charge in [-0.05, 0) is 24.1 Å². The van der Waals surface area contributed by atoms with Gasteiger partial charge in [0.2, 0.25) is 0 Å². The Labute approximate surface area is 118 Å². The van der Waals surface area contributed by atoms with Gasteiger partial charge in [0.1, 0.15) is 11.8 Å². The molecule has 0 radical (unpaired) electrons. The van der Waals surface area contributed by atoms with E-state index in [2.05, 4.69) is 4.98 Å². The molecule has 0 saturated heterocycles. The third kappa shape index (κ3) is 3.43. The van der Waals surface area contributed by atoms with Crippen molar-refractivity contribution in [3.63, 3.8) is 0 Å². The van der Waals surface area contributed by atoms with Crippen LogP contribution in [-0.2, 0) is 21.3 Å². The van der Waals surface area contributed by atoms with Gasteiger partial charge in [-0.2, -0.15) is 5.26 Å². The lowest BCUT2D eigenvalue weighted by atomic mass is 10.1. The quantitative estimate of drug-likeness (QED) is 0.865. The molecule has 0 N–H and O–H groups in total. The average Bonchev–Trinajstić information content (AvgIpc) is 2.41. The Balaban J connectivity index is 2.25. The maximum absolute atomic E-state index is 12.3. The zero-order chi connectivity index (χ0) is 14.6. The van der Waals surface area contributed by atoms with Crippen LogP contribution in [0.2, 0.25) is 0 Å². The van der Waals surface area contributed by atoms with Gasteiger partial charge in [0.05, 0.1) is 11.5 Å². The second kappa shape index (κ2) is 5.85. The number of benzene rings is 1. The lowest BCUT2D eigenvalue weighted by Crippen LogP contribution is -2.10. The van der Waals surface area contributed by atoms with Gasteiger partial charge >= 0.3 is 0 Å². The molecule has 102 valence electrons. The Morgan fingerprint density at radius 2 is 1.75 bits per heavy atom. The molecule has 1 aromatic carbocycles. The SMILES string of the molecule is Cc1ccccc1CS(=O)(=O)Cc1cccnc1C#N. The molecular weight excluding hydrogens is 272 g/mol. The Hall–Kier alpha value is -2.19. The molecule has 0 bridgehead atoms. The first-order chi connectivity index (χ1) is 9.52. The summed E-state index contributed by atoms with van der Waals surface area (Å²) in [6.07, 6.45) is 1.48. The summed E-state index contributed by atoms with van der Waals surface area (Å²) < 4.78 is 24.5. The molecule has 0 unspecified atom stereocenters. The summed E-state index contributed by atoms with van der Waals surface area (Å²) >= 11 is 0. The highest BCUT2D eigenvalue weighted by Gasteiger charge is 2.16. The number of nitrogens with zero attached hydrogens (tertiary/aromatic N) is 2. The third-order valence-corrected chi connectivity index (χ3v) is 4.51. The van der Waals surface area contributed by atoms with Gasteiger partial charge < -0.3 is 0 Å². The maximum atomic E-state index is 12.3. The topological polar surface area (TPSA) is 70.8 Å². The van der Waals surface area contributed by atoms with Gasteiger partial charge in [0, 0.05) is 11.8 Å². The van der Waals surface area contributed by atoms with E-state index in [4.69, 9.17) is 5.26 Å². The molecule has 0 aliphatic carbocycles. The van der Waals surface area contributed by atoms with E-state index in [1.807, 2.05) is 31.2 Å². The monoisotopic (exact) mass is 286 g/mol. The summed E-state index contributed by atoms with van der Waals surface area (Å²) in [5, 5.41) is 8.94. The fraction of sp³-hybridized carbons (Fsp3) is 0.200. The summed E-state index contributed by atoms with van der Waals surface area (Å²) in [4.78, 5) is 3.88. The number of nitriles is 1. The molecule has 0 amide bonds. The highest BCUT2D eigenvalue weighted by molar-refractivity contribution is 7.89. The predicted octanol–water partition coefficient (Wildman–Crippen LogP) is 2.38. The zero-order valence-electron chi connectivity index (χ0n) is 11.1. The number of pyridine rings is 1. The summed E-state index contributed by atoms with van der Waals surface area (Å²) in [5.74, 6) is -0.197. The smallest absolute Gasteiger partial charge is 0.158 e. The average molecular weight is 286 g/mol. The van der Waals surface area contributed by atoms with Crippen molar-refractivity contribution in [2.75, 3.05) is 0 Å². The second-order valence-electron chi connectivity index (χ2n) is 4.58. The predicted molar refractivity (Wildman–Crippen MR) is 76.5 cm³/mol. The van der Waals surface area contributed by atoms with Crippen LogP contribution in [-0.4, -0.2) is 13.4 Å². The van der Waals surface area contributed by atoms with Crippen molar-refractivity contribution in [2.45, 2.75) is 18.4 Å². The lowest BCUT2D eigenvalue weighted by Gasteiger charge is -2.08. The van der Waals surface area contributed by atoms with Crippen LogP contribution >= 0.6 is 0 Å². The molecule has 0 atom stereocenters. The molecule has 20 heavy (non-hydrogen) atoms. The van der Waals surface area contributed by atoms with Crippen LogP contribution in [0.3, 0.4) is 0 Å². The lowest BCUT2D eigenvalue weighted by molar-refractivity contribution is 0.594. The van der Waals surface area contributed by atoms with E-state index in [0.29, 0.717) is 5.56 Å². The highest BCUT2D eigenvalue weighted by Crippen LogP contribution is 2.16. The number of aryl methyl sites for hydroxylation is 1. The van der Waals surface area contributed by atoms with Gasteiger partial charge in [-0.1, -0.05) is 30.3 Å². The van der Waals surface area contributed by atoms with Crippen molar-refractivity contribution in [1.82, 2.24) is 4.98 Å². The second-order valence-corrected chi connectivity index (χ2v) is 6.65. The zero-order valence-corrected chi connectivity index (χ0v) is 11.9. The van der Waals surface area contributed by atoms with E-state index >= 15 is 0 Å². The van der Waals surface area contributed by atoms with Crippen LogP contribution in [0, 0.1) is 18.3 Å². The maximum Gasteiger partial charge on any atom is 0.158 e. The van der Waals surface area contributed by atoms with E-state index in [0.717, 1.165) is 11.1 Å². The minimum Gasteiger partial charge on any atom is -0.245 e. The molecule has 2 rings (SSSR count). The molecular formula is C15H14N2O2S. The van der Waals surface area contributed by atoms with Crippen LogP contribution in [0.4, 0.5) is 0 Å². The largest absolute Gasteiger partial charge is 0.245 e. The first-order valence-electron chi connectivity index (χ1n) is 6.11. The van der Waals surface area contributed by atoms with Crippen molar-refractivity contribution in [2.24, 2.45) is 0 Å². The number of hydrogen-bond donors (Lipinski definition) is 0. The molecule has 0 saturated carbocycles. The Bertz CT molecular complexity index is 761. The molecule has 0 aliphatic heterocycles. The van der Waals surface area contributed by atoms with Gasteiger partial charge in [-0.25, -0.2) is 13.4 Å². The Morgan fingerprint density at radius 1 is 1.10 bits per heavy atom. The Kier molecular flexibility index (Phi) is 4.16. The minimum absolute atomic E-state index is 0.0283. The third-order valence-electron chi connectivity index (χ3n) is 3.01. The van der Waals surface area contributed by atoms with Crippen molar-refractivity contribution >= 4 is 9.84 Å². The fourth-order valence-corrected chi connectivity index (χ4v) is 3.56. The molecule has 4 nitrogen and oxygen atoms in total. The first kappa shape index (κ1) is 14.2. The number of rotatable bonds is 4. The number of hydrogen-bond acceptors (Lipinski definition) is 4. The van der Waals surface area contributed by atoms with Crippen molar-refractivity contribution < 1.29 is 8.42 Å². The van der Waals surface area contributed by atoms with Gasteiger partial charge in [0.15, 0.2) is 9.84 Å². The number of sulfone groups is 1. The fourth-order valence-electron chi connectivity index (χ4n) is 1.95. The van der Waals surface area contributed by atoms with Crippen molar-refractivity contribution in [1.29, 1.82) is 5.26 Å².